The molecule has 0 unspecified atom stereocenters. The van der Waals surface area contributed by atoms with E-state index in [2.05, 4.69) is 14.7 Å². The summed E-state index contributed by atoms with van der Waals surface area (Å²) < 4.78 is 4.64. The maximum atomic E-state index is 11.4. The standard InChI is InChI=1S/C9H11N3O4/c1-2-16-9(15)5-4-11-7(3-6(10)13)12-8(5)14/h4H,2-3H2,1H3,(H2,10,13)(H,11,12,14). The molecule has 1 rings (SSSR count). The van der Waals surface area contributed by atoms with Crippen molar-refractivity contribution in [2.24, 2.45) is 5.73 Å². The molecule has 7 heteroatoms. The van der Waals surface area contributed by atoms with Crippen molar-refractivity contribution in [3.8, 4) is 0 Å². The highest BCUT2D eigenvalue weighted by Crippen LogP contribution is 1.94. The molecule has 3 N–H and O–H groups in total. The van der Waals surface area contributed by atoms with Gasteiger partial charge in [0.25, 0.3) is 5.56 Å². The van der Waals surface area contributed by atoms with Gasteiger partial charge in [0.05, 0.1) is 13.0 Å². The quantitative estimate of drug-likeness (QED) is 0.636. The maximum Gasteiger partial charge on any atom is 0.345 e. The Balaban J connectivity index is 2.96. The molecule has 0 saturated carbocycles. The normalized spacial score (nSPS) is 9.81. The summed E-state index contributed by atoms with van der Waals surface area (Å²) in [6, 6.07) is 0. The summed E-state index contributed by atoms with van der Waals surface area (Å²) >= 11 is 0. The zero-order valence-corrected chi connectivity index (χ0v) is 8.65. The van der Waals surface area contributed by atoms with Crippen LogP contribution < -0.4 is 11.3 Å². The molecular formula is C9H11N3O4. The number of nitrogens with one attached hydrogen (secondary N) is 1. The van der Waals surface area contributed by atoms with Crippen LogP contribution in [0.2, 0.25) is 0 Å². The van der Waals surface area contributed by atoms with E-state index in [1.54, 1.807) is 6.92 Å². The number of rotatable bonds is 4. The molecular weight excluding hydrogens is 214 g/mol. The van der Waals surface area contributed by atoms with Gasteiger partial charge in [-0.25, -0.2) is 9.78 Å². The van der Waals surface area contributed by atoms with E-state index in [-0.39, 0.29) is 24.4 Å². The van der Waals surface area contributed by atoms with Crippen molar-refractivity contribution in [3.05, 3.63) is 27.9 Å². The maximum absolute atomic E-state index is 11.4. The molecule has 0 aliphatic rings. The molecule has 0 fully saturated rings. The number of hydrogen-bond acceptors (Lipinski definition) is 5. The molecule has 0 bridgehead atoms. The Hall–Kier alpha value is -2.18. The Morgan fingerprint density at radius 2 is 2.25 bits per heavy atom. The molecule has 1 aromatic heterocycles. The number of H-pyrrole nitrogens is 1. The first kappa shape index (κ1) is 11.9. The smallest absolute Gasteiger partial charge is 0.345 e. The molecule has 1 amide bonds. The third-order valence-electron chi connectivity index (χ3n) is 1.69. The fourth-order valence-corrected chi connectivity index (χ4v) is 1.04. The fourth-order valence-electron chi connectivity index (χ4n) is 1.04. The van der Waals surface area contributed by atoms with Gasteiger partial charge in [0.2, 0.25) is 5.91 Å². The zero-order valence-electron chi connectivity index (χ0n) is 8.65. The van der Waals surface area contributed by atoms with Crippen LogP contribution in [-0.4, -0.2) is 28.5 Å². The predicted octanol–water partition coefficient (Wildman–Crippen LogP) is -1.03. The van der Waals surface area contributed by atoms with Crippen LogP contribution in [0.15, 0.2) is 11.0 Å². The molecule has 16 heavy (non-hydrogen) atoms. The molecule has 0 atom stereocenters. The Bertz CT molecular complexity index is 466. The van der Waals surface area contributed by atoms with Gasteiger partial charge >= 0.3 is 5.97 Å². The first-order valence-electron chi connectivity index (χ1n) is 4.58. The summed E-state index contributed by atoms with van der Waals surface area (Å²) in [6.07, 6.45) is 0.882. The van der Waals surface area contributed by atoms with Gasteiger partial charge in [-0.05, 0) is 6.92 Å². The van der Waals surface area contributed by atoms with E-state index in [4.69, 9.17) is 5.73 Å². The lowest BCUT2D eigenvalue weighted by molar-refractivity contribution is -0.117. The second-order valence-electron chi connectivity index (χ2n) is 2.94. The summed E-state index contributed by atoms with van der Waals surface area (Å²) in [7, 11) is 0. The number of aromatic amines is 1. The van der Waals surface area contributed by atoms with E-state index in [9.17, 15) is 14.4 Å². The molecule has 86 valence electrons. The number of hydrogen-bond donors (Lipinski definition) is 2. The number of carbonyl (C=O) groups is 2. The number of amides is 1. The summed E-state index contributed by atoms with van der Waals surface area (Å²) in [5, 5.41) is 0. The highest BCUT2D eigenvalue weighted by Gasteiger charge is 2.13. The Labute approximate surface area is 90.6 Å². The number of nitrogens with two attached hydrogens (primary N) is 1. The number of nitrogens with zero attached hydrogens (tertiary/aromatic N) is 1. The van der Waals surface area contributed by atoms with Crippen LogP contribution in [0.5, 0.6) is 0 Å². The van der Waals surface area contributed by atoms with Gasteiger partial charge in [0, 0.05) is 6.20 Å². The highest BCUT2D eigenvalue weighted by molar-refractivity contribution is 5.88. The third-order valence-corrected chi connectivity index (χ3v) is 1.69. The minimum atomic E-state index is -0.748. The second-order valence-corrected chi connectivity index (χ2v) is 2.94. The fraction of sp³-hybridized carbons (Fsp3) is 0.333. The lowest BCUT2D eigenvalue weighted by Crippen LogP contribution is -2.24. The van der Waals surface area contributed by atoms with Gasteiger partial charge in [0.15, 0.2) is 0 Å². The summed E-state index contributed by atoms with van der Waals surface area (Å²) in [4.78, 5) is 39.2. The van der Waals surface area contributed by atoms with Gasteiger partial charge in [0.1, 0.15) is 11.4 Å². The minimum absolute atomic E-state index is 0.116. The number of esters is 1. The van der Waals surface area contributed by atoms with Gasteiger partial charge in [-0.1, -0.05) is 0 Å². The van der Waals surface area contributed by atoms with Gasteiger partial charge < -0.3 is 15.5 Å². The van der Waals surface area contributed by atoms with E-state index in [1.165, 1.54) is 0 Å². The SMILES string of the molecule is CCOC(=O)c1cnc(CC(N)=O)[nH]c1=O. The number of carbonyl (C=O) groups excluding carboxylic acids is 2. The topological polar surface area (TPSA) is 115 Å². The average molecular weight is 225 g/mol. The molecule has 0 aliphatic heterocycles. The van der Waals surface area contributed by atoms with E-state index < -0.39 is 17.4 Å². The molecule has 0 radical (unpaired) electrons. The van der Waals surface area contributed by atoms with Crippen LogP contribution in [0.1, 0.15) is 23.1 Å². The first-order valence-corrected chi connectivity index (χ1v) is 4.58. The van der Waals surface area contributed by atoms with Gasteiger partial charge in [-0.15, -0.1) is 0 Å². The second kappa shape index (κ2) is 5.06. The predicted molar refractivity (Wildman–Crippen MR) is 53.7 cm³/mol. The molecule has 0 aromatic carbocycles. The Kier molecular flexibility index (Phi) is 3.76. The van der Waals surface area contributed by atoms with Crippen molar-refractivity contribution >= 4 is 11.9 Å². The van der Waals surface area contributed by atoms with Crippen LogP contribution in [0.4, 0.5) is 0 Å². The van der Waals surface area contributed by atoms with Crippen molar-refractivity contribution in [1.82, 2.24) is 9.97 Å². The monoisotopic (exact) mass is 225 g/mol. The van der Waals surface area contributed by atoms with Crippen LogP contribution in [-0.2, 0) is 16.0 Å². The van der Waals surface area contributed by atoms with Gasteiger partial charge in [-0.3, -0.25) is 9.59 Å². The molecule has 0 spiro atoms. The van der Waals surface area contributed by atoms with E-state index in [0.29, 0.717) is 0 Å². The molecule has 7 nitrogen and oxygen atoms in total. The largest absolute Gasteiger partial charge is 0.462 e. The minimum Gasteiger partial charge on any atom is -0.462 e. The van der Waals surface area contributed by atoms with Crippen molar-refractivity contribution in [3.63, 3.8) is 0 Å². The van der Waals surface area contributed by atoms with Crippen LogP contribution in [0, 0.1) is 0 Å². The van der Waals surface area contributed by atoms with Crippen molar-refractivity contribution in [2.75, 3.05) is 6.61 Å². The summed E-state index contributed by atoms with van der Waals surface area (Å²) in [5.74, 6) is -1.25. The van der Waals surface area contributed by atoms with Crippen LogP contribution in [0.3, 0.4) is 0 Å². The van der Waals surface area contributed by atoms with Crippen LogP contribution >= 0.6 is 0 Å². The zero-order chi connectivity index (χ0) is 12.1. The average Bonchev–Trinajstić information content (AvgIpc) is 2.16. The third kappa shape index (κ3) is 2.91. The molecule has 1 aromatic rings. The van der Waals surface area contributed by atoms with E-state index >= 15 is 0 Å². The van der Waals surface area contributed by atoms with Crippen molar-refractivity contribution < 1.29 is 14.3 Å². The Morgan fingerprint density at radius 1 is 1.56 bits per heavy atom. The van der Waals surface area contributed by atoms with Gasteiger partial charge in [-0.2, -0.15) is 0 Å². The highest BCUT2D eigenvalue weighted by atomic mass is 16.5. The van der Waals surface area contributed by atoms with Crippen molar-refractivity contribution in [2.45, 2.75) is 13.3 Å². The number of primary amides is 1. The number of ether oxygens (including phenoxy) is 1. The molecule has 1 heterocycles. The van der Waals surface area contributed by atoms with Crippen molar-refractivity contribution in [1.29, 1.82) is 0 Å². The Morgan fingerprint density at radius 3 is 2.75 bits per heavy atom. The van der Waals surface area contributed by atoms with Crippen LogP contribution in [0.25, 0.3) is 0 Å². The molecule has 0 saturated heterocycles. The summed E-state index contributed by atoms with van der Waals surface area (Å²) in [6.45, 7) is 1.79. The first-order chi connectivity index (χ1) is 7.54. The van der Waals surface area contributed by atoms with E-state index in [0.717, 1.165) is 6.20 Å². The summed E-state index contributed by atoms with van der Waals surface area (Å²) in [5.41, 5.74) is 4.08. The van der Waals surface area contributed by atoms with E-state index in [1.807, 2.05) is 0 Å². The lowest BCUT2D eigenvalue weighted by atomic mass is 10.3. The molecule has 0 aliphatic carbocycles. The number of aromatic nitrogens is 2. The lowest BCUT2D eigenvalue weighted by Gasteiger charge is -2.01.